The van der Waals surface area contributed by atoms with Crippen LogP contribution in [0.4, 0.5) is 5.69 Å². The smallest absolute Gasteiger partial charge is 0.0726 e. The van der Waals surface area contributed by atoms with E-state index in [4.69, 9.17) is 4.74 Å². The van der Waals surface area contributed by atoms with Gasteiger partial charge in [-0.25, -0.2) is 0 Å². The van der Waals surface area contributed by atoms with Crippen LogP contribution in [-0.2, 0) is 11.3 Å². The molecule has 0 amide bonds. The van der Waals surface area contributed by atoms with Crippen molar-refractivity contribution in [2.45, 2.75) is 51.5 Å². The number of morpholine rings is 1. The van der Waals surface area contributed by atoms with Crippen LogP contribution in [0.15, 0.2) is 24.3 Å². The van der Waals surface area contributed by atoms with Crippen molar-refractivity contribution in [3.63, 3.8) is 0 Å². The van der Waals surface area contributed by atoms with E-state index in [0.29, 0.717) is 12.2 Å². The summed E-state index contributed by atoms with van der Waals surface area (Å²) in [5.74, 6) is 0. The Kier molecular flexibility index (Phi) is 3.76. The quantitative estimate of drug-likeness (QED) is 0.900. The van der Waals surface area contributed by atoms with Crippen LogP contribution >= 0.6 is 0 Å². The number of hydrogen-bond acceptors (Lipinski definition) is 3. The molecule has 2 aliphatic rings. The number of ether oxygens (including phenoxy) is 1. The molecular weight excluding hydrogens is 236 g/mol. The molecule has 3 rings (SSSR count). The topological polar surface area (TPSA) is 24.5 Å². The molecule has 2 fully saturated rings. The molecular formula is C16H24N2O. The Balaban J connectivity index is 1.60. The molecule has 19 heavy (non-hydrogen) atoms. The highest BCUT2D eigenvalue weighted by Gasteiger charge is 2.22. The van der Waals surface area contributed by atoms with Gasteiger partial charge in [0.15, 0.2) is 0 Å². The minimum absolute atomic E-state index is 0.319. The van der Waals surface area contributed by atoms with Crippen molar-refractivity contribution in [3.8, 4) is 0 Å². The summed E-state index contributed by atoms with van der Waals surface area (Å²) in [6.07, 6.45) is 3.34. The first-order chi connectivity index (χ1) is 9.20. The number of rotatable bonds is 4. The van der Waals surface area contributed by atoms with E-state index in [1.54, 1.807) is 0 Å². The summed E-state index contributed by atoms with van der Waals surface area (Å²) in [6.45, 7) is 7.28. The molecule has 1 aromatic rings. The fraction of sp³-hybridized carbons (Fsp3) is 0.625. The SMILES string of the molecule is C[C@@H]1CN(c2ccc(CNC3CC3)cc2)C[C@H](C)O1. The second kappa shape index (κ2) is 5.51. The van der Waals surface area contributed by atoms with E-state index in [-0.39, 0.29) is 0 Å². The molecule has 3 heteroatoms. The molecule has 0 unspecified atom stereocenters. The lowest BCUT2D eigenvalue weighted by Crippen LogP contribution is -2.45. The third-order valence-electron chi connectivity index (χ3n) is 3.89. The first kappa shape index (κ1) is 12.9. The van der Waals surface area contributed by atoms with Gasteiger partial charge in [0.25, 0.3) is 0 Å². The van der Waals surface area contributed by atoms with Gasteiger partial charge in [0.05, 0.1) is 12.2 Å². The number of hydrogen-bond donors (Lipinski definition) is 1. The van der Waals surface area contributed by atoms with Gasteiger partial charge in [-0.05, 0) is 44.4 Å². The average molecular weight is 260 g/mol. The molecule has 2 atom stereocenters. The maximum absolute atomic E-state index is 5.78. The Morgan fingerprint density at radius 3 is 2.32 bits per heavy atom. The summed E-state index contributed by atoms with van der Waals surface area (Å²) in [5.41, 5.74) is 2.70. The van der Waals surface area contributed by atoms with Crippen LogP contribution in [0.1, 0.15) is 32.3 Å². The summed E-state index contributed by atoms with van der Waals surface area (Å²) < 4.78 is 5.78. The molecule has 1 aliphatic heterocycles. The van der Waals surface area contributed by atoms with Crippen LogP contribution in [0, 0.1) is 0 Å². The highest BCUT2D eigenvalue weighted by molar-refractivity contribution is 5.48. The maximum Gasteiger partial charge on any atom is 0.0726 e. The zero-order valence-electron chi connectivity index (χ0n) is 11.9. The number of benzene rings is 1. The third-order valence-corrected chi connectivity index (χ3v) is 3.89. The van der Waals surface area contributed by atoms with Gasteiger partial charge in [-0.2, -0.15) is 0 Å². The van der Waals surface area contributed by atoms with Crippen molar-refractivity contribution < 1.29 is 4.74 Å². The number of nitrogens with zero attached hydrogens (tertiary/aromatic N) is 1. The van der Waals surface area contributed by atoms with Crippen LogP contribution in [-0.4, -0.2) is 31.3 Å². The Hall–Kier alpha value is -1.06. The molecule has 1 aromatic carbocycles. The van der Waals surface area contributed by atoms with Gasteiger partial charge >= 0.3 is 0 Å². The van der Waals surface area contributed by atoms with Crippen LogP contribution < -0.4 is 10.2 Å². The van der Waals surface area contributed by atoms with Gasteiger partial charge in [-0.15, -0.1) is 0 Å². The monoisotopic (exact) mass is 260 g/mol. The number of anilines is 1. The van der Waals surface area contributed by atoms with Crippen LogP contribution in [0.2, 0.25) is 0 Å². The van der Waals surface area contributed by atoms with E-state index in [1.807, 2.05) is 0 Å². The van der Waals surface area contributed by atoms with Crippen LogP contribution in [0.5, 0.6) is 0 Å². The zero-order chi connectivity index (χ0) is 13.2. The predicted octanol–water partition coefficient (Wildman–Crippen LogP) is 2.55. The summed E-state index contributed by atoms with van der Waals surface area (Å²) >= 11 is 0. The van der Waals surface area contributed by atoms with Gasteiger partial charge in [0.2, 0.25) is 0 Å². The molecule has 0 spiro atoms. The maximum atomic E-state index is 5.78. The number of nitrogens with one attached hydrogen (secondary N) is 1. The molecule has 1 saturated carbocycles. The van der Waals surface area contributed by atoms with Gasteiger partial charge in [-0.3, -0.25) is 0 Å². The third kappa shape index (κ3) is 3.48. The molecule has 3 nitrogen and oxygen atoms in total. The van der Waals surface area contributed by atoms with Crippen molar-refractivity contribution in [2.24, 2.45) is 0 Å². The molecule has 0 radical (unpaired) electrons. The second-order valence-electron chi connectivity index (χ2n) is 5.98. The lowest BCUT2D eigenvalue weighted by Gasteiger charge is -2.36. The van der Waals surface area contributed by atoms with Crippen LogP contribution in [0.25, 0.3) is 0 Å². The molecule has 1 N–H and O–H groups in total. The first-order valence-corrected chi connectivity index (χ1v) is 7.43. The minimum Gasteiger partial charge on any atom is -0.372 e. The van der Waals surface area contributed by atoms with E-state index < -0.39 is 0 Å². The molecule has 1 aliphatic carbocycles. The van der Waals surface area contributed by atoms with E-state index in [0.717, 1.165) is 25.7 Å². The lowest BCUT2D eigenvalue weighted by atomic mass is 10.1. The molecule has 1 heterocycles. The minimum atomic E-state index is 0.319. The Morgan fingerprint density at radius 2 is 1.74 bits per heavy atom. The molecule has 0 bridgehead atoms. The molecule has 104 valence electrons. The van der Waals surface area contributed by atoms with Gasteiger partial charge in [0.1, 0.15) is 0 Å². The van der Waals surface area contributed by atoms with Gasteiger partial charge in [0, 0.05) is 31.4 Å². The van der Waals surface area contributed by atoms with Crippen molar-refractivity contribution >= 4 is 5.69 Å². The zero-order valence-corrected chi connectivity index (χ0v) is 11.9. The van der Waals surface area contributed by atoms with E-state index in [2.05, 4.69) is 48.3 Å². The Morgan fingerprint density at radius 1 is 1.11 bits per heavy atom. The van der Waals surface area contributed by atoms with Gasteiger partial charge in [-0.1, -0.05) is 12.1 Å². The Labute approximate surface area is 115 Å². The highest BCUT2D eigenvalue weighted by atomic mass is 16.5. The standard InChI is InChI=1S/C16H24N2O/c1-12-10-18(11-13(2)19-12)16-7-3-14(4-8-16)9-17-15-5-6-15/h3-4,7-8,12-13,15,17H,5-6,9-11H2,1-2H3/t12-,13+. The lowest BCUT2D eigenvalue weighted by molar-refractivity contribution is -0.00521. The van der Waals surface area contributed by atoms with Gasteiger partial charge < -0.3 is 15.0 Å². The summed E-state index contributed by atoms with van der Waals surface area (Å²) in [5, 5.41) is 3.55. The highest BCUT2D eigenvalue weighted by Crippen LogP contribution is 2.22. The summed E-state index contributed by atoms with van der Waals surface area (Å²) in [6, 6.07) is 9.76. The van der Waals surface area contributed by atoms with Crippen molar-refractivity contribution in [2.75, 3.05) is 18.0 Å². The van der Waals surface area contributed by atoms with E-state index in [9.17, 15) is 0 Å². The Bertz CT molecular complexity index is 403. The van der Waals surface area contributed by atoms with E-state index >= 15 is 0 Å². The first-order valence-electron chi connectivity index (χ1n) is 7.43. The van der Waals surface area contributed by atoms with E-state index in [1.165, 1.54) is 24.1 Å². The van der Waals surface area contributed by atoms with Crippen molar-refractivity contribution in [1.82, 2.24) is 5.32 Å². The molecule has 1 saturated heterocycles. The average Bonchev–Trinajstić information content (AvgIpc) is 3.20. The van der Waals surface area contributed by atoms with Crippen LogP contribution in [0.3, 0.4) is 0 Å². The normalized spacial score (nSPS) is 27.6. The fourth-order valence-electron chi connectivity index (χ4n) is 2.76. The largest absolute Gasteiger partial charge is 0.372 e. The second-order valence-corrected chi connectivity index (χ2v) is 5.98. The fourth-order valence-corrected chi connectivity index (χ4v) is 2.76. The van der Waals surface area contributed by atoms with Crippen molar-refractivity contribution in [1.29, 1.82) is 0 Å². The summed E-state index contributed by atoms with van der Waals surface area (Å²) in [7, 11) is 0. The summed E-state index contributed by atoms with van der Waals surface area (Å²) in [4.78, 5) is 2.43. The van der Waals surface area contributed by atoms with Crippen molar-refractivity contribution in [3.05, 3.63) is 29.8 Å². The predicted molar refractivity (Wildman–Crippen MR) is 78.5 cm³/mol. The molecule has 0 aromatic heterocycles.